The molecule has 0 fully saturated rings. The van der Waals surface area contributed by atoms with Crippen molar-refractivity contribution in [1.29, 1.82) is 0 Å². The first-order valence-corrected chi connectivity index (χ1v) is 5.34. The molecule has 0 radical (unpaired) electrons. The molecular weight excluding hydrogens is 206 g/mol. The van der Waals surface area contributed by atoms with E-state index in [1.165, 1.54) is 0 Å². The summed E-state index contributed by atoms with van der Waals surface area (Å²) < 4.78 is 0. The minimum absolute atomic E-state index is 0.168. The van der Waals surface area contributed by atoms with E-state index >= 15 is 0 Å². The van der Waals surface area contributed by atoms with Crippen molar-refractivity contribution < 1.29 is 15.0 Å². The van der Waals surface area contributed by atoms with Crippen molar-refractivity contribution in [2.45, 2.75) is 19.8 Å². The Hall–Kier alpha value is -1.55. The van der Waals surface area contributed by atoms with Gasteiger partial charge in [-0.15, -0.1) is 0 Å². The Morgan fingerprint density at radius 3 is 2.75 bits per heavy atom. The van der Waals surface area contributed by atoms with Gasteiger partial charge in [0.15, 0.2) is 0 Å². The second kappa shape index (κ2) is 6.12. The third-order valence-electron chi connectivity index (χ3n) is 2.31. The van der Waals surface area contributed by atoms with E-state index in [0.29, 0.717) is 12.2 Å². The molecule has 0 saturated heterocycles. The fourth-order valence-corrected chi connectivity index (χ4v) is 1.45. The van der Waals surface area contributed by atoms with Crippen molar-refractivity contribution >= 4 is 11.7 Å². The smallest absolute Gasteiger partial charge is 0.337 e. The van der Waals surface area contributed by atoms with E-state index in [4.69, 9.17) is 10.2 Å². The summed E-state index contributed by atoms with van der Waals surface area (Å²) >= 11 is 0. The number of benzene rings is 1. The van der Waals surface area contributed by atoms with E-state index in [2.05, 4.69) is 5.32 Å². The van der Waals surface area contributed by atoms with E-state index < -0.39 is 5.97 Å². The first-order chi connectivity index (χ1) is 7.65. The highest BCUT2D eigenvalue weighted by Gasteiger charge is 2.08. The van der Waals surface area contributed by atoms with E-state index in [9.17, 15) is 4.79 Å². The van der Waals surface area contributed by atoms with Crippen molar-refractivity contribution in [2.75, 3.05) is 18.5 Å². The van der Waals surface area contributed by atoms with Crippen molar-refractivity contribution in [3.63, 3.8) is 0 Å². The Balaban J connectivity index is 2.68. The summed E-state index contributed by atoms with van der Waals surface area (Å²) in [6.45, 7) is 2.76. The highest BCUT2D eigenvalue weighted by molar-refractivity contribution is 5.94. The molecule has 0 aliphatic carbocycles. The Morgan fingerprint density at radius 1 is 1.38 bits per heavy atom. The molecule has 3 N–H and O–H groups in total. The number of hydrogen-bond donors (Lipinski definition) is 3. The maximum absolute atomic E-state index is 10.9. The summed E-state index contributed by atoms with van der Waals surface area (Å²) in [5.74, 6) is -0.926. The first kappa shape index (κ1) is 12.5. The summed E-state index contributed by atoms with van der Waals surface area (Å²) in [7, 11) is 0. The molecule has 4 heteroatoms. The SMILES string of the molecule is Cc1ccc(C(=O)O)c(NCCCCO)c1. The number of rotatable bonds is 6. The molecule has 1 aromatic carbocycles. The number of carboxylic acid groups (broad SMARTS) is 1. The summed E-state index contributed by atoms with van der Waals surface area (Å²) in [5.41, 5.74) is 1.95. The lowest BCUT2D eigenvalue weighted by Gasteiger charge is -2.10. The molecule has 0 spiro atoms. The number of carboxylic acids is 1. The highest BCUT2D eigenvalue weighted by Crippen LogP contribution is 2.17. The fraction of sp³-hybridized carbons (Fsp3) is 0.417. The van der Waals surface area contributed by atoms with E-state index in [1.807, 2.05) is 13.0 Å². The van der Waals surface area contributed by atoms with Crippen LogP contribution >= 0.6 is 0 Å². The molecule has 16 heavy (non-hydrogen) atoms. The average Bonchev–Trinajstić information content (AvgIpc) is 2.24. The molecule has 1 rings (SSSR count). The predicted molar refractivity (Wildman–Crippen MR) is 62.9 cm³/mol. The minimum atomic E-state index is -0.926. The molecule has 88 valence electrons. The number of aryl methyl sites for hydroxylation is 1. The van der Waals surface area contributed by atoms with Crippen molar-refractivity contribution in [1.82, 2.24) is 0 Å². The summed E-state index contributed by atoms with van der Waals surface area (Å²) in [4.78, 5) is 10.9. The molecule has 0 amide bonds. The van der Waals surface area contributed by atoms with Crippen LogP contribution in [0.3, 0.4) is 0 Å². The molecule has 1 aromatic rings. The maximum atomic E-state index is 10.9. The Kier molecular flexibility index (Phi) is 4.79. The lowest BCUT2D eigenvalue weighted by molar-refractivity contribution is 0.0698. The lowest BCUT2D eigenvalue weighted by Crippen LogP contribution is -2.08. The zero-order valence-electron chi connectivity index (χ0n) is 9.36. The van der Waals surface area contributed by atoms with Crippen LogP contribution in [0.4, 0.5) is 5.69 Å². The molecule has 0 aliphatic heterocycles. The first-order valence-electron chi connectivity index (χ1n) is 5.34. The number of anilines is 1. The second-order valence-electron chi connectivity index (χ2n) is 3.71. The number of aliphatic hydroxyl groups excluding tert-OH is 1. The van der Waals surface area contributed by atoms with Gasteiger partial charge in [-0.2, -0.15) is 0 Å². The molecule has 4 nitrogen and oxygen atoms in total. The van der Waals surface area contributed by atoms with Gasteiger partial charge < -0.3 is 15.5 Å². The van der Waals surface area contributed by atoms with Gasteiger partial charge in [0.05, 0.1) is 5.56 Å². The van der Waals surface area contributed by atoms with Gasteiger partial charge in [-0.05, 0) is 37.5 Å². The zero-order chi connectivity index (χ0) is 12.0. The largest absolute Gasteiger partial charge is 0.478 e. The predicted octanol–water partition coefficient (Wildman–Crippen LogP) is 1.88. The van der Waals surface area contributed by atoms with Crippen LogP contribution in [0, 0.1) is 6.92 Å². The summed E-state index contributed by atoms with van der Waals surface area (Å²) in [5, 5.41) is 20.7. The zero-order valence-corrected chi connectivity index (χ0v) is 9.36. The molecule has 0 bridgehead atoms. The van der Waals surface area contributed by atoms with Gasteiger partial charge in [0, 0.05) is 18.8 Å². The molecule has 0 heterocycles. The Labute approximate surface area is 94.9 Å². The van der Waals surface area contributed by atoms with Gasteiger partial charge in [-0.1, -0.05) is 6.07 Å². The van der Waals surface area contributed by atoms with Crippen LogP contribution in [0.2, 0.25) is 0 Å². The Morgan fingerprint density at radius 2 is 2.12 bits per heavy atom. The number of aliphatic hydroxyl groups is 1. The summed E-state index contributed by atoms with van der Waals surface area (Å²) in [6.07, 6.45) is 1.55. The van der Waals surface area contributed by atoms with E-state index in [-0.39, 0.29) is 12.2 Å². The number of nitrogens with one attached hydrogen (secondary N) is 1. The van der Waals surface area contributed by atoms with Crippen LogP contribution in [0.25, 0.3) is 0 Å². The van der Waals surface area contributed by atoms with Gasteiger partial charge in [0.2, 0.25) is 0 Å². The van der Waals surface area contributed by atoms with Crippen LogP contribution in [0.5, 0.6) is 0 Å². The van der Waals surface area contributed by atoms with Crippen LogP contribution in [-0.4, -0.2) is 29.3 Å². The van der Waals surface area contributed by atoms with Gasteiger partial charge in [-0.3, -0.25) is 0 Å². The summed E-state index contributed by atoms with van der Waals surface area (Å²) in [6, 6.07) is 5.21. The van der Waals surface area contributed by atoms with Gasteiger partial charge >= 0.3 is 5.97 Å². The quantitative estimate of drug-likeness (QED) is 0.644. The number of carbonyl (C=O) groups is 1. The molecule has 0 aliphatic rings. The monoisotopic (exact) mass is 223 g/mol. The third kappa shape index (κ3) is 3.55. The number of aromatic carboxylic acids is 1. The average molecular weight is 223 g/mol. The molecule has 0 atom stereocenters. The lowest BCUT2D eigenvalue weighted by atomic mass is 10.1. The molecule has 0 saturated carbocycles. The molecule has 0 aromatic heterocycles. The topological polar surface area (TPSA) is 69.6 Å². The maximum Gasteiger partial charge on any atom is 0.337 e. The molecule has 0 unspecified atom stereocenters. The van der Waals surface area contributed by atoms with Gasteiger partial charge in [-0.25, -0.2) is 4.79 Å². The number of unbranched alkanes of at least 4 members (excludes halogenated alkanes) is 1. The standard InChI is InChI=1S/C12H17NO3/c1-9-4-5-10(12(15)16)11(8-9)13-6-2-3-7-14/h4-5,8,13-14H,2-3,6-7H2,1H3,(H,15,16). The highest BCUT2D eigenvalue weighted by atomic mass is 16.4. The molecular formula is C12H17NO3. The van der Waals surface area contributed by atoms with Crippen LogP contribution in [0.1, 0.15) is 28.8 Å². The van der Waals surface area contributed by atoms with Crippen molar-refractivity contribution in [3.8, 4) is 0 Å². The normalized spacial score (nSPS) is 10.1. The van der Waals surface area contributed by atoms with E-state index in [0.717, 1.165) is 18.4 Å². The van der Waals surface area contributed by atoms with Crippen LogP contribution in [-0.2, 0) is 0 Å². The van der Waals surface area contributed by atoms with Crippen molar-refractivity contribution in [3.05, 3.63) is 29.3 Å². The van der Waals surface area contributed by atoms with Gasteiger partial charge in [0.1, 0.15) is 0 Å². The Bertz CT molecular complexity index is 363. The second-order valence-corrected chi connectivity index (χ2v) is 3.71. The van der Waals surface area contributed by atoms with Crippen LogP contribution < -0.4 is 5.32 Å². The minimum Gasteiger partial charge on any atom is -0.478 e. The third-order valence-corrected chi connectivity index (χ3v) is 2.31. The number of hydrogen-bond acceptors (Lipinski definition) is 3. The van der Waals surface area contributed by atoms with Crippen molar-refractivity contribution in [2.24, 2.45) is 0 Å². The van der Waals surface area contributed by atoms with E-state index in [1.54, 1.807) is 12.1 Å². The van der Waals surface area contributed by atoms with Gasteiger partial charge in [0.25, 0.3) is 0 Å². The fourth-order valence-electron chi connectivity index (χ4n) is 1.45. The van der Waals surface area contributed by atoms with Crippen LogP contribution in [0.15, 0.2) is 18.2 Å².